The fourth-order valence-corrected chi connectivity index (χ4v) is 7.55. The number of aliphatic hydroxyl groups excluding tert-OH is 1. The molecule has 5 heteroatoms. The number of anilines is 1. The molecule has 1 aromatic heterocycles. The van der Waals surface area contributed by atoms with Crippen molar-refractivity contribution in [3.8, 4) is 0 Å². The monoisotopic (exact) mass is 436 g/mol. The van der Waals surface area contributed by atoms with Crippen LogP contribution < -0.4 is 10.9 Å². The first kappa shape index (κ1) is 21.7. The van der Waals surface area contributed by atoms with Gasteiger partial charge in [0.15, 0.2) is 0 Å². The van der Waals surface area contributed by atoms with Gasteiger partial charge < -0.3 is 15.0 Å². The maximum Gasteiger partial charge on any atom is 0.258 e. The fourth-order valence-electron chi connectivity index (χ4n) is 7.55. The van der Waals surface area contributed by atoms with E-state index in [1.807, 2.05) is 24.3 Å². The molecule has 4 aliphatic carbocycles. The summed E-state index contributed by atoms with van der Waals surface area (Å²) in [5.41, 5.74) is 0.798. The van der Waals surface area contributed by atoms with Gasteiger partial charge in [-0.1, -0.05) is 19.9 Å². The molecule has 6 rings (SSSR count). The van der Waals surface area contributed by atoms with Gasteiger partial charge in [-0.2, -0.15) is 0 Å². The normalized spacial score (nSPS) is 29.6. The van der Waals surface area contributed by atoms with Crippen molar-refractivity contribution in [2.24, 2.45) is 29.1 Å². The molecule has 5 nitrogen and oxygen atoms in total. The van der Waals surface area contributed by atoms with E-state index in [-0.39, 0.29) is 29.5 Å². The third kappa shape index (κ3) is 4.00. The number of benzene rings is 1. The Morgan fingerprint density at radius 3 is 2.34 bits per heavy atom. The fraction of sp³-hybridized carbons (Fsp3) is 0.630. The number of pyridine rings is 1. The van der Waals surface area contributed by atoms with E-state index in [0.717, 1.165) is 29.6 Å². The lowest BCUT2D eigenvalue weighted by atomic mass is 9.49. The summed E-state index contributed by atoms with van der Waals surface area (Å²) in [7, 11) is 0. The van der Waals surface area contributed by atoms with Crippen LogP contribution >= 0.6 is 0 Å². The Balaban J connectivity index is 1.37. The van der Waals surface area contributed by atoms with Crippen LogP contribution in [-0.2, 0) is 4.79 Å². The van der Waals surface area contributed by atoms with E-state index in [9.17, 15) is 14.7 Å². The highest BCUT2D eigenvalue weighted by molar-refractivity contribution is 6.02. The Hall–Kier alpha value is -2.14. The van der Waals surface area contributed by atoms with Gasteiger partial charge in [0.2, 0.25) is 5.91 Å². The van der Waals surface area contributed by atoms with E-state index >= 15 is 0 Å². The zero-order valence-corrected chi connectivity index (χ0v) is 19.3. The summed E-state index contributed by atoms with van der Waals surface area (Å²) in [6.45, 7) is 4.11. The number of hydrogen-bond donors (Lipinski definition) is 2. The molecule has 1 atom stereocenters. The largest absolute Gasteiger partial charge is 0.394 e. The van der Waals surface area contributed by atoms with Gasteiger partial charge in [-0.15, -0.1) is 0 Å². The van der Waals surface area contributed by atoms with Crippen molar-refractivity contribution in [1.29, 1.82) is 0 Å². The molecule has 4 bridgehead atoms. The number of nitrogens with one attached hydrogen (secondary N) is 1. The SMILES string of the molecule is CC(C)C[C@@H](CO)n1ccc2c(NC(=O)CC34CC5CC(CC(C5)C3)C4)cccc2c1=O. The molecule has 1 amide bonds. The molecule has 0 saturated heterocycles. The Bertz CT molecular complexity index is 1030. The lowest BCUT2D eigenvalue weighted by molar-refractivity contribution is -0.124. The molecule has 32 heavy (non-hydrogen) atoms. The Kier molecular flexibility index (Phi) is 5.65. The predicted molar refractivity (Wildman–Crippen MR) is 128 cm³/mol. The number of rotatable bonds is 7. The van der Waals surface area contributed by atoms with Crippen LogP contribution in [0.25, 0.3) is 10.8 Å². The standard InChI is InChI=1S/C27H36N2O3/c1-17(2)8-21(16-30)29-7-6-22-23(26(29)32)4-3-5-24(22)28-25(31)15-27-12-18-9-19(13-27)11-20(10-18)14-27/h3-7,17-21,30H,8-16H2,1-2H3,(H,28,31)/t18?,19?,20?,21-,27?/m0/s1. The highest BCUT2D eigenvalue weighted by atomic mass is 16.3. The van der Waals surface area contributed by atoms with Gasteiger partial charge >= 0.3 is 0 Å². The summed E-state index contributed by atoms with van der Waals surface area (Å²) in [6, 6.07) is 7.21. The van der Waals surface area contributed by atoms with Gasteiger partial charge in [0, 0.05) is 29.1 Å². The van der Waals surface area contributed by atoms with Crippen molar-refractivity contribution >= 4 is 22.4 Å². The van der Waals surface area contributed by atoms with Crippen LogP contribution in [0.15, 0.2) is 35.3 Å². The molecule has 2 N–H and O–H groups in total. The number of aromatic nitrogens is 1. The van der Waals surface area contributed by atoms with Crippen LogP contribution in [0.3, 0.4) is 0 Å². The summed E-state index contributed by atoms with van der Waals surface area (Å²) >= 11 is 0. The third-order valence-corrected chi connectivity index (χ3v) is 8.30. The number of fused-ring (bicyclic) bond motifs is 1. The molecule has 2 aromatic rings. The quantitative estimate of drug-likeness (QED) is 0.632. The predicted octanol–water partition coefficient (Wildman–Crippen LogP) is 5.13. The molecule has 1 aromatic carbocycles. The number of aliphatic hydroxyl groups is 1. The molecule has 0 unspecified atom stereocenters. The first-order valence-electron chi connectivity index (χ1n) is 12.4. The molecule has 4 fully saturated rings. The average Bonchev–Trinajstić information content (AvgIpc) is 2.71. The van der Waals surface area contributed by atoms with E-state index in [1.165, 1.54) is 38.5 Å². The maximum absolute atomic E-state index is 13.2. The van der Waals surface area contributed by atoms with Gasteiger partial charge in [0.1, 0.15) is 0 Å². The number of hydrogen-bond acceptors (Lipinski definition) is 3. The number of nitrogens with zero attached hydrogens (tertiary/aromatic N) is 1. The van der Waals surface area contributed by atoms with Crippen molar-refractivity contribution < 1.29 is 9.90 Å². The summed E-state index contributed by atoms with van der Waals surface area (Å²) in [6.07, 6.45) is 10.9. The van der Waals surface area contributed by atoms with Crippen molar-refractivity contribution in [3.63, 3.8) is 0 Å². The lowest BCUT2D eigenvalue weighted by Crippen LogP contribution is -2.47. The molecule has 172 valence electrons. The van der Waals surface area contributed by atoms with E-state index in [0.29, 0.717) is 23.4 Å². The Labute approximate surface area is 190 Å². The van der Waals surface area contributed by atoms with Crippen molar-refractivity contribution in [2.45, 2.75) is 71.3 Å². The lowest BCUT2D eigenvalue weighted by Gasteiger charge is -2.56. The Morgan fingerprint density at radius 1 is 1.09 bits per heavy atom. The Morgan fingerprint density at radius 2 is 1.75 bits per heavy atom. The molecule has 4 aliphatic rings. The smallest absolute Gasteiger partial charge is 0.258 e. The summed E-state index contributed by atoms with van der Waals surface area (Å²) in [5.74, 6) is 2.95. The van der Waals surface area contributed by atoms with Crippen molar-refractivity contribution in [2.75, 3.05) is 11.9 Å². The van der Waals surface area contributed by atoms with Gasteiger partial charge in [0.05, 0.1) is 12.6 Å². The summed E-state index contributed by atoms with van der Waals surface area (Å²) in [5, 5.41) is 14.3. The second-order valence-electron chi connectivity index (χ2n) is 11.4. The minimum absolute atomic E-state index is 0.0644. The first-order chi connectivity index (χ1) is 15.4. The maximum atomic E-state index is 13.2. The zero-order valence-electron chi connectivity index (χ0n) is 19.3. The van der Waals surface area contributed by atoms with E-state index in [2.05, 4.69) is 19.2 Å². The van der Waals surface area contributed by atoms with Crippen LogP contribution in [0.5, 0.6) is 0 Å². The van der Waals surface area contributed by atoms with Crippen molar-refractivity contribution in [3.05, 3.63) is 40.8 Å². The van der Waals surface area contributed by atoms with Crippen LogP contribution in [0, 0.1) is 29.1 Å². The van der Waals surface area contributed by atoms with Crippen molar-refractivity contribution in [1.82, 2.24) is 4.57 Å². The van der Waals surface area contributed by atoms with Crippen LogP contribution in [-0.4, -0.2) is 22.2 Å². The van der Waals surface area contributed by atoms with E-state index < -0.39 is 0 Å². The highest BCUT2D eigenvalue weighted by Crippen LogP contribution is 2.61. The molecule has 0 spiro atoms. The van der Waals surface area contributed by atoms with Gasteiger partial charge in [-0.05, 0) is 92.2 Å². The second-order valence-corrected chi connectivity index (χ2v) is 11.4. The minimum Gasteiger partial charge on any atom is -0.394 e. The second kappa shape index (κ2) is 8.33. The molecular weight excluding hydrogens is 400 g/mol. The average molecular weight is 437 g/mol. The molecule has 4 saturated carbocycles. The topological polar surface area (TPSA) is 71.3 Å². The first-order valence-corrected chi connectivity index (χ1v) is 12.4. The van der Waals surface area contributed by atoms with Crippen LogP contribution in [0.4, 0.5) is 5.69 Å². The highest BCUT2D eigenvalue weighted by Gasteiger charge is 2.51. The number of carbonyl (C=O) groups is 1. The molecule has 0 radical (unpaired) electrons. The van der Waals surface area contributed by atoms with Gasteiger partial charge in [-0.25, -0.2) is 0 Å². The number of amides is 1. The molecule has 0 aliphatic heterocycles. The minimum atomic E-state index is -0.235. The molecular formula is C27H36N2O3. The summed E-state index contributed by atoms with van der Waals surface area (Å²) in [4.78, 5) is 26.3. The molecule has 1 heterocycles. The van der Waals surface area contributed by atoms with Crippen LogP contribution in [0.2, 0.25) is 0 Å². The zero-order chi connectivity index (χ0) is 22.5. The number of carbonyl (C=O) groups excluding carboxylic acids is 1. The third-order valence-electron chi connectivity index (χ3n) is 8.30. The van der Waals surface area contributed by atoms with Crippen LogP contribution in [0.1, 0.15) is 71.3 Å². The van der Waals surface area contributed by atoms with Gasteiger partial charge in [-0.3, -0.25) is 9.59 Å². The van der Waals surface area contributed by atoms with Gasteiger partial charge in [0.25, 0.3) is 5.56 Å². The van der Waals surface area contributed by atoms with E-state index in [4.69, 9.17) is 0 Å². The van der Waals surface area contributed by atoms with E-state index in [1.54, 1.807) is 10.8 Å². The summed E-state index contributed by atoms with van der Waals surface area (Å²) < 4.78 is 1.64.